The van der Waals surface area contributed by atoms with Gasteiger partial charge in [0.15, 0.2) is 0 Å². The molecule has 2 nitrogen and oxygen atoms in total. The highest BCUT2D eigenvalue weighted by molar-refractivity contribution is 8.28. The maximum absolute atomic E-state index is 5.44. The molecule has 86 valence electrons. The molecule has 0 amide bonds. The van der Waals surface area contributed by atoms with Crippen LogP contribution in [0.4, 0.5) is 0 Å². The summed E-state index contributed by atoms with van der Waals surface area (Å²) in [7, 11) is -1.40. The van der Waals surface area contributed by atoms with Gasteiger partial charge in [0.05, 0.1) is 12.5 Å². The summed E-state index contributed by atoms with van der Waals surface area (Å²) in [5, 5.41) is 0. The lowest BCUT2D eigenvalue weighted by molar-refractivity contribution is 0.520. The molecule has 0 aromatic carbocycles. The van der Waals surface area contributed by atoms with Crippen molar-refractivity contribution in [3.63, 3.8) is 0 Å². The molecule has 0 saturated carbocycles. The van der Waals surface area contributed by atoms with Crippen LogP contribution in [0.25, 0.3) is 0 Å². The van der Waals surface area contributed by atoms with Crippen LogP contribution in [-0.2, 0) is 12.1 Å². The molecule has 2 aromatic rings. The Hall–Kier alpha value is -0.873. The average Bonchev–Trinajstić information content (AvgIpc) is 2.91. The molecule has 4 heteroatoms. The third-order valence-electron chi connectivity index (χ3n) is 2.75. The van der Waals surface area contributed by atoms with E-state index in [4.69, 9.17) is 8.83 Å². The fourth-order valence-corrected chi connectivity index (χ4v) is 5.78. The lowest BCUT2D eigenvalue weighted by atomic mass is 10.5. The van der Waals surface area contributed by atoms with Crippen LogP contribution < -0.4 is 0 Å². The lowest BCUT2D eigenvalue weighted by Crippen LogP contribution is -2.32. The molecule has 2 aromatic heterocycles. The molecular weight excluding hydrogens is 236 g/mol. The van der Waals surface area contributed by atoms with Gasteiger partial charge in [-0.25, -0.2) is 0 Å². The smallest absolute Gasteiger partial charge is 0.128 e. The van der Waals surface area contributed by atoms with Crippen molar-refractivity contribution in [2.24, 2.45) is 0 Å². The summed E-state index contributed by atoms with van der Waals surface area (Å²) in [6, 6.07) is 10.1. The molecule has 0 aliphatic heterocycles. The summed E-state index contributed by atoms with van der Waals surface area (Å²) in [4.78, 5) is 0. The topological polar surface area (TPSA) is 26.3 Å². The lowest BCUT2D eigenvalue weighted by Gasteiger charge is -2.22. The van der Waals surface area contributed by atoms with E-state index < -0.39 is 7.22 Å². The molecule has 2 heterocycles. The van der Waals surface area contributed by atoms with Crippen LogP contribution in [0.3, 0.4) is 0 Å². The summed E-state index contributed by atoms with van der Waals surface area (Å²) in [6.07, 6.45) is 5.69. The summed E-state index contributed by atoms with van der Waals surface area (Å²) >= 11 is 1.99. The van der Waals surface area contributed by atoms with Gasteiger partial charge in [-0.15, -0.1) is 0 Å². The van der Waals surface area contributed by atoms with Crippen LogP contribution in [0, 0.1) is 0 Å². The third kappa shape index (κ3) is 2.83. The minimum Gasteiger partial charge on any atom is -0.470 e. The van der Waals surface area contributed by atoms with Crippen LogP contribution in [0.1, 0.15) is 11.5 Å². The first-order valence-corrected chi connectivity index (χ1v) is 10.2. The Morgan fingerprint density at radius 3 is 1.88 bits per heavy atom. The normalized spacial score (nSPS) is 11.9. The maximum atomic E-state index is 5.44. The SMILES string of the molecule is CS[Si](C)(Cc1ccco1)Cc1ccco1. The second-order valence-electron chi connectivity index (χ2n) is 4.17. The van der Waals surface area contributed by atoms with Gasteiger partial charge in [0.1, 0.15) is 18.7 Å². The van der Waals surface area contributed by atoms with Crippen LogP contribution in [0.2, 0.25) is 6.55 Å². The van der Waals surface area contributed by atoms with E-state index in [0.717, 1.165) is 23.6 Å². The summed E-state index contributed by atoms with van der Waals surface area (Å²) in [5.41, 5.74) is 0. The van der Waals surface area contributed by atoms with Gasteiger partial charge in [-0.2, -0.15) is 11.2 Å². The summed E-state index contributed by atoms with van der Waals surface area (Å²) in [6.45, 7) is 2.38. The molecule has 0 aliphatic rings. The second-order valence-corrected chi connectivity index (χ2v) is 12.4. The highest BCUT2D eigenvalue weighted by Gasteiger charge is 2.29. The standard InChI is InChI=1S/C12H16O2SSi/c1-15-16(2,9-11-5-3-7-13-11)10-12-6-4-8-14-12/h3-8H,9-10H2,1-2H3. The average molecular weight is 252 g/mol. The van der Waals surface area contributed by atoms with Gasteiger partial charge in [-0.3, -0.25) is 0 Å². The molecule has 0 spiro atoms. The Morgan fingerprint density at radius 2 is 1.56 bits per heavy atom. The minimum atomic E-state index is -1.40. The molecule has 0 radical (unpaired) electrons. The molecule has 0 N–H and O–H groups in total. The van der Waals surface area contributed by atoms with Crippen molar-refractivity contribution in [3.8, 4) is 0 Å². The molecule has 2 rings (SSSR count). The summed E-state index contributed by atoms with van der Waals surface area (Å²) < 4.78 is 10.9. The van der Waals surface area contributed by atoms with Crippen molar-refractivity contribution in [3.05, 3.63) is 48.3 Å². The van der Waals surface area contributed by atoms with Gasteiger partial charge < -0.3 is 8.83 Å². The molecular formula is C12H16O2SSi. The quantitative estimate of drug-likeness (QED) is 0.759. The molecule has 0 fully saturated rings. The van der Waals surface area contributed by atoms with E-state index in [2.05, 4.69) is 24.9 Å². The Morgan fingerprint density at radius 1 is 1.06 bits per heavy atom. The van der Waals surface area contributed by atoms with Crippen molar-refractivity contribution < 1.29 is 8.83 Å². The van der Waals surface area contributed by atoms with E-state index in [-0.39, 0.29) is 0 Å². The van der Waals surface area contributed by atoms with E-state index >= 15 is 0 Å². The number of furan rings is 2. The Kier molecular flexibility index (Phi) is 3.61. The van der Waals surface area contributed by atoms with Crippen molar-refractivity contribution in [1.29, 1.82) is 0 Å². The van der Waals surface area contributed by atoms with E-state index in [9.17, 15) is 0 Å². The fraction of sp³-hybridized carbons (Fsp3) is 0.333. The zero-order valence-electron chi connectivity index (χ0n) is 9.60. The summed E-state index contributed by atoms with van der Waals surface area (Å²) in [5.74, 6) is 2.19. The molecule has 0 unspecified atom stereocenters. The first kappa shape index (κ1) is 11.6. The number of rotatable bonds is 5. The zero-order chi connectivity index (χ0) is 11.4. The van der Waals surface area contributed by atoms with Crippen LogP contribution in [0.5, 0.6) is 0 Å². The van der Waals surface area contributed by atoms with Crippen molar-refractivity contribution in [2.75, 3.05) is 6.26 Å². The van der Waals surface area contributed by atoms with Gasteiger partial charge >= 0.3 is 0 Å². The monoisotopic (exact) mass is 252 g/mol. The van der Waals surface area contributed by atoms with Gasteiger partial charge in [0, 0.05) is 12.1 Å². The van der Waals surface area contributed by atoms with Gasteiger partial charge in [-0.1, -0.05) is 6.55 Å². The van der Waals surface area contributed by atoms with Gasteiger partial charge in [-0.05, 0) is 30.5 Å². The van der Waals surface area contributed by atoms with Gasteiger partial charge in [0.2, 0.25) is 0 Å². The minimum absolute atomic E-state index is 1.06. The predicted octanol–water partition coefficient (Wildman–Crippen LogP) is 3.67. The molecule has 0 saturated heterocycles. The Bertz CT molecular complexity index is 372. The fourth-order valence-electron chi connectivity index (χ4n) is 1.77. The van der Waals surface area contributed by atoms with Crippen molar-refractivity contribution in [2.45, 2.75) is 18.6 Å². The van der Waals surface area contributed by atoms with Crippen LogP contribution >= 0.6 is 11.2 Å². The van der Waals surface area contributed by atoms with Crippen LogP contribution in [-0.4, -0.2) is 13.5 Å². The zero-order valence-corrected chi connectivity index (χ0v) is 11.4. The second kappa shape index (κ2) is 4.97. The molecule has 0 bridgehead atoms. The van der Waals surface area contributed by atoms with E-state index in [1.54, 1.807) is 12.5 Å². The first-order valence-electron chi connectivity index (χ1n) is 5.32. The molecule has 16 heavy (non-hydrogen) atoms. The number of hydrogen-bond donors (Lipinski definition) is 0. The van der Waals surface area contributed by atoms with Gasteiger partial charge in [0.25, 0.3) is 0 Å². The predicted molar refractivity (Wildman–Crippen MR) is 70.0 cm³/mol. The highest BCUT2D eigenvalue weighted by atomic mass is 32.4. The Balaban J connectivity index is 2.07. The van der Waals surface area contributed by atoms with Crippen molar-refractivity contribution in [1.82, 2.24) is 0 Å². The molecule has 0 aliphatic carbocycles. The van der Waals surface area contributed by atoms with Crippen LogP contribution in [0.15, 0.2) is 45.6 Å². The van der Waals surface area contributed by atoms with Crippen molar-refractivity contribution >= 4 is 18.4 Å². The Labute approximate surface area is 101 Å². The maximum Gasteiger partial charge on any atom is 0.128 e. The number of hydrogen-bond acceptors (Lipinski definition) is 3. The third-order valence-corrected chi connectivity index (χ3v) is 9.75. The van der Waals surface area contributed by atoms with E-state index in [1.807, 2.05) is 23.3 Å². The van der Waals surface area contributed by atoms with E-state index in [1.165, 1.54) is 0 Å². The van der Waals surface area contributed by atoms with E-state index in [0.29, 0.717) is 0 Å². The molecule has 0 atom stereocenters. The highest BCUT2D eigenvalue weighted by Crippen LogP contribution is 2.26. The largest absolute Gasteiger partial charge is 0.470 e. The first-order chi connectivity index (χ1) is 7.72.